The second-order valence-electron chi connectivity index (χ2n) is 3.89. The number of aromatic nitrogens is 1. The van der Waals surface area contributed by atoms with Crippen LogP contribution in [0.4, 0.5) is 0 Å². The third kappa shape index (κ3) is 2.33. The van der Waals surface area contributed by atoms with E-state index in [-0.39, 0.29) is 11.9 Å². The standard InChI is InChI=1S/C11H15N3O/c12-11(15)10-2-1-7-14(10)8-9-3-5-13-6-4-9/h3-6,10H,1-2,7-8H2,(H2,12,15)/t10-/m1/s1. The second-order valence-corrected chi connectivity index (χ2v) is 3.89. The van der Waals surface area contributed by atoms with Crippen LogP contribution in [-0.4, -0.2) is 28.4 Å². The molecule has 1 aromatic rings. The van der Waals surface area contributed by atoms with Gasteiger partial charge in [-0.15, -0.1) is 0 Å². The molecule has 0 aromatic carbocycles. The molecular formula is C11H15N3O. The monoisotopic (exact) mass is 205 g/mol. The predicted molar refractivity (Wildman–Crippen MR) is 56.9 cm³/mol. The van der Waals surface area contributed by atoms with E-state index < -0.39 is 0 Å². The van der Waals surface area contributed by atoms with Crippen molar-refractivity contribution in [1.82, 2.24) is 9.88 Å². The number of carbonyl (C=O) groups is 1. The number of primary amides is 1. The molecule has 2 heterocycles. The van der Waals surface area contributed by atoms with Crippen LogP contribution in [0.25, 0.3) is 0 Å². The predicted octanol–water partition coefficient (Wildman–Crippen LogP) is 0.531. The van der Waals surface area contributed by atoms with Crippen LogP contribution in [0.3, 0.4) is 0 Å². The minimum atomic E-state index is -0.207. The van der Waals surface area contributed by atoms with Gasteiger partial charge in [-0.05, 0) is 37.1 Å². The van der Waals surface area contributed by atoms with Crippen LogP contribution in [0.15, 0.2) is 24.5 Å². The van der Waals surface area contributed by atoms with Crippen molar-refractivity contribution < 1.29 is 4.79 Å². The van der Waals surface area contributed by atoms with Crippen LogP contribution in [-0.2, 0) is 11.3 Å². The maximum Gasteiger partial charge on any atom is 0.234 e. The lowest BCUT2D eigenvalue weighted by molar-refractivity contribution is -0.122. The first-order valence-corrected chi connectivity index (χ1v) is 5.19. The number of carbonyl (C=O) groups excluding carboxylic acids is 1. The Balaban J connectivity index is 2.03. The zero-order valence-electron chi connectivity index (χ0n) is 8.60. The van der Waals surface area contributed by atoms with E-state index in [1.807, 2.05) is 12.1 Å². The summed E-state index contributed by atoms with van der Waals surface area (Å²) in [6, 6.07) is 3.85. The van der Waals surface area contributed by atoms with Gasteiger partial charge >= 0.3 is 0 Å². The molecule has 15 heavy (non-hydrogen) atoms. The van der Waals surface area contributed by atoms with Gasteiger partial charge in [-0.1, -0.05) is 0 Å². The molecule has 1 fully saturated rings. The van der Waals surface area contributed by atoms with Crippen LogP contribution in [0.1, 0.15) is 18.4 Å². The Kier molecular flexibility index (Phi) is 2.97. The highest BCUT2D eigenvalue weighted by atomic mass is 16.1. The third-order valence-electron chi connectivity index (χ3n) is 2.83. The van der Waals surface area contributed by atoms with Gasteiger partial charge in [0.2, 0.25) is 5.91 Å². The van der Waals surface area contributed by atoms with E-state index in [1.54, 1.807) is 12.4 Å². The fourth-order valence-electron chi connectivity index (χ4n) is 2.06. The molecular weight excluding hydrogens is 190 g/mol. The number of likely N-dealkylation sites (tertiary alicyclic amines) is 1. The molecule has 1 saturated heterocycles. The lowest BCUT2D eigenvalue weighted by Gasteiger charge is -2.21. The summed E-state index contributed by atoms with van der Waals surface area (Å²) in [6.45, 7) is 1.74. The molecule has 0 spiro atoms. The van der Waals surface area contributed by atoms with Crippen molar-refractivity contribution in [2.24, 2.45) is 5.73 Å². The van der Waals surface area contributed by atoms with Crippen molar-refractivity contribution in [3.8, 4) is 0 Å². The quantitative estimate of drug-likeness (QED) is 0.783. The number of rotatable bonds is 3. The third-order valence-corrected chi connectivity index (χ3v) is 2.83. The maximum atomic E-state index is 11.2. The average molecular weight is 205 g/mol. The Morgan fingerprint density at radius 2 is 2.27 bits per heavy atom. The van der Waals surface area contributed by atoms with Crippen molar-refractivity contribution in [2.45, 2.75) is 25.4 Å². The Bertz CT molecular complexity index is 339. The molecule has 1 aromatic heterocycles. The summed E-state index contributed by atoms with van der Waals surface area (Å²) < 4.78 is 0. The van der Waals surface area contributed by atoms with E-state index in [0.29, 0.717) is 0 Å². The van der Waals surface area contributed by atoms with Crippen LogP contribution in [0.5, 0.6) is 0 Å². The molecule has 0 saturated carbocycles. The lowest BCUT2D eigenvalue weighted by atomic mass is 10.2. The summed E-state index contributed by atoms with van der Waals surface area (Å²) >= 11 is 0. The molecule has 0 radical (unpaired) electrons. The average Bonchev–Trinajstić information content (AvgIpc) is 2.67. The minimum Gasteiger partial charge on any atom is -0.368 e. The molecule has 2 N–H and O–H groups in total. The van der Waals surface area contributed by atoms with Crippen LogP contribution in [0, 0.1) is 0 Å². The number of amides is 1. The van der Waals surface area contributed by atoms with Crippen molar-refractivity contribution in [3.05, 3.63) is 30.1 Å². The molecule has 4 nitrogen and oxygen atoms in total. The number of nitrogens with zero attached hydrogens (tertiary/aromatic N) is 2. The Hall–Kier alpha value is -1.42. The maximum absolute atomic E-state index is 11.2. The first kappa shape index (κ1) is 10.1. The Labute approximate surface area is 89.1 Å². The van der Waals surface area contributed by atoms with Gasteiger partial charge in [0.15, 0.2) is 0 Å². The summed E-state index contributed by atoms with van der Waals surface area (Å²) in [5.74, 6) is -0.207. The molecule has 80 valence electrons. The smallest absolute Gasteiger partial charge is 0.234 e. The van der Waals surface area contributed by atoms with E-state index in [9.17, 15) is 4.79 Å². The zero-order chi connectivity index (χ0) is 10.7. The molecule has 1 amide bonds. The van der Waals surface area contributed by atoms with Crippen LogP contribution >= 0.6 is 0 Å². The van der Waals surface area contributed by atoms with Gasteiger partial charge < -0.3 is 5.73 Å². The fraction of sp³-hybridized carbons (Fsp3) is 0.455. The van der Waals surface area contributed by atoms with E-state index in [4.69, 9.17) is 5.73 Å². The Morgan fingerprint density at radius 3 is 2.93 bits per heavy atom. The van der Waals surface area contributed by atoms with Gasteiger partial charge in [0.25, 0.3) is 0 Å². The number of hydrogen-bond donors (Lipinski definition) is 1. The van der Waals surface area contributed by atoms with Crippen molar-refractivity contribution in [1.29, 1.82) is 0 Å². The zero-order valence-corrected chi connectivity index (χ0v) is 8.60. The van der Waals surface area contributed by atoms with Crippen LogP contribution in [0.2, 0.25) is 0 Å². The van der Waals surface area contributed by atoms with E-state index in [0.717, 1.165) is 25.9 Å². The van der Waals surface area contributed by atoms with Gasteiger partial charge in [-0.3, -0.25) is 14.7 Å². The molecule has 0 aliphatic carbocycles. The van der Waals surface area contributed by atoms with Gasteiger partial charge in [0, 0.05) is 18.9 Å². The largest absolute Gasteiger partial charge is 0.368 e. The van der Waals surface area contributed by atoms with Crippen LogP contribution < -0.4 is 5.73 Å². The summed E-state index contributed by atoms with van der Waals surface area (Å²) in [5.41, 5.74) is 6.53. The van der Waals surface area contributed by atoms with E-state index >= 15 is 0 Å². The fourth-order valence-corrected chi connectivity index (χ4v) is 2.06. The summed E-state index contributed by atoms with van der Waals surface area (Å²) in [5, 5.41) is 0. The molecule has 1 atom stereocenters. The summed E-state index contributed by atoms with van der Waals surface area (Å²) in [4.78, 5) is 17.3. The van der Waals surface area contributed by atoms with Gasteiger partial charge in [-0.2, -0.15) is 0 Å². The van der Waals surface area contributed by atoms with Crippen molar-refractivity contribution >= 4 is 5.91 Å². The minimum absolute atomic E-state index is 0.0850. The highest BCUT2D eigenvalue weighted by Crippen LogP contribution is 2.19. The Morgan fingerprint density at radius 1 is 1.53 bits per heavy atom. The number of nitrogens with two attached hydrogens (primary N) is 1. The first-order valence-electron chi connectivity index (χ1n) is 5.19. The number of pyridine rings is 1. The van der Waals surface area contributed by atoms with Gasteiger partial charge in [0.05, 0.1) is 6.04 Å². The highest BCUT2D eigenvalue weighted by Gasteiger charge is 2.28. The first-order chi connectivity index (χ1) is 7.27. The normalized spacial score (nSPS) is 21.7. The van der Waals surface area contributed by atoms with Gasteiger partial charge in [0.1, 0.15) is 0 Å². The molecule has 1 aliphatic rings. The van der Waals surface area contributed by atoms with Crippen molar-refractivity contribution in [2.75, 3.05) is 6.54 Å². The van der Waals surface area contributed by atoms with E-state index in [2.05, 4.69) is 9.88 Å². The number of hydrogen-bond acceptors (Lipinski definition) is 3. The highest BCUT2D eigenvalue weighted by molar-refractivity contribution is 5.80. The second kappa shape index (κ2) is 4.40. The van der Waals surface area contributed by atoms with Crippen molar-refractivity contribution in [3.63, 3.8) is 0 Å². The summed E-state index contributed by atoms with van der Waals surface area (Å²) in [6.07, 6.45) is 5.48. The van der Waals surface area contributed by atoms with E-state index in [1.165, 1.54) is 5.56 Å². The topological polar surface area (TPSA) is 59.2 Å². The summed E-state index contributed by atoms with van der Waals surface area (Å²) in [7, 11) is 0. The SMILES string of the molecule is NC(=O)[C@H]1CCCN1Cc1ccncc1. The lowest BCUT2D eigenvalue weighted by Crippen LogP contribution is -2.39. The molecule has 0 bridgehead atoms. The molecule has 4 heteroatoms. The molecule has 0 unspecified atom stereocenters. The molecule has 2 rings (SSSR count). The molecule has 1 aliphatic heterocycles. The van der Waals surface area contributed by atoms with Gasteiger partial charge in [-0.25, -0.2) is 0 Å².